The van der Waals surface area contributed by atoms with Gasteiger partial charge in [0.1, 0.15) is 0 Å². The van der Waals surface area contributed by atoms with E-state index in [0.717, 1.165) is 15.6 Å². The van der Waals surface area contributed by atoms with Gasteiger partial charge in [0.2, 0.25) is 0 Å². The first-order valence-corrected chi connectivity index (χ1v) is 4.96. The molecule has 13 heavy (non-hydrogen) atoms. The zero-order valence-electron chi connectivity index (χ0n) is 7.05. The van der Waals surface area contributed by atoms with E-state index in [1.54, 1.807) is 0 Å². The smallest absolute Gasteiger partial charge is 0.165 e. The van der Waals surface area contributed by atoms with Crippen molar-refractivity contribution in [2.24, 2.45) is 0 Å². The fourth-order valence-corrected chi connectivity index (χ4v) is 1.78. The molecule has 0 radical (unpaired) electrons. The van der Waals surface area contributed by atoms with E-state index in [4.69, 9.17) is 4.74 Å². The summed E-state index contributed by atoms with van der Waals surface area (Å²) < 4.78 is 6.24. The minimum Gasteiger partial charge on any atom is -0.376 e. The van der Waals surface area contributed by atoms with Gasteiger partial charge in [-0.3, -0.25) is 4.79 Å². The Hall–Kier alpha value is -0.670. The van der Waals surface area contributed by atoms with Crippen molar-refractivity contribution < 1.29 is 9.53 Å². The Bertz CT molecular complexity index is 347. The van der Waals surface area contributed by atoms with Gasteiger partial charge in [-0.25, -0.2) is 0 Å². The third-order valence-corrected chi connectivity index (χ3v) is 2.60. The molecule has 0 spiro atoms. The highest BCUT2D eigenvalue weighted by atomic mass is 79.9. The maximum absolute atomic E-state index is 11.6. The molecule has 1 aromatic rings. The summed E-state index contributed by atoms with van der Waals surface area (Å²) in [4.78, 5) is 11.6. The van der Waals surface area contributed by atoms with Crippen LogP contribution in [0.15, 0.2) is 22.7 Å². The average Bonchev–Trinajstić information content (AvgIpc) is 2.29. The Morgan fingerprint density at radius 1 is 1.38 bits per heavy atom. The lowest BCUT2D eigenvalue weighted by Crippen LogP contribution is -2.00. The van der Waals surface area contributed by atoms with Crippen LogP contribution >= 0.6 is 15.9 Å². The van der Waals surface area contributed by atoms with Crippen molar-refractivity contribution in [2.75, 3.05) is 6.61 Å². The van der Waals surface area contributed by atoms with E-state index < -0.39 is 0 Å². The van der Waals surface area contributed by atoms with Gasteiger partial charge >= 0.3 is 0 Å². The van der Waals surface area contributed by atoms with E-state index in [1.165, 1.54) is 0 Å². The summed E-state index contributed by atoms with van der Waals surface area (Å²) in [6.07, 6.45) is 0.490. The Labute approximate surface area is 85.0 Å². The molecule has 0 saturated heterocycles. The number of hydrogen-bond acceptors (Lipinski definition) is 2. The molecule has 0 amide bonds. The van der Waals surface area contributed by atoms with Crippen molar-refractivity contribution >= 4 is 21.7 Å². The van der Waals surface area contributed by atoms with Crippen LogP contribution in [0.1, 0.15) is 22.3 Å². The number of Topliss-reactive ketones (excluding diaryl/α,β-unsaturated/α-hetero) is 1. The van der Waals surface area contributed by atoms with Gasteiger partial charge in [0.15, 0.2) is 5.78 Å². The van der Waals surface area contributed by atoms with E-state index in [0.29, 0.717) is 19.6 Å². The maximum atomic E-state index is 11.6. The van der Waals surface area contributed by atoms with Crippen LogP contribution < -0.4 is 0 Å². The van der Waals surface area contributed by atoms with Crippen molar-refractivity contribution in [3.8, 4) is 0 Å². The molecule has 0 bridgehead atoms. The topological polar surface area (TPSA) is 26.3 Å². The van der Waals surface area contributed by atoms with Crippen molar-refractivity contribution in [1.82, 2.24) is 0 Å². The van der Waals surface area contributed by atoms with Gasteiger partial charge in [-0.15, -0.1) is 0 Å². The molecule has 1 aromatic carbocycles. The lowest BCUT2D eigenvalue weighted by atomic mass is 10.0. The van der Waals surface area contributed by atoms with E-state index in [2.05, 4.69) is 15.9 Å². The van der Waals surface area contributed by atoms with Crippen molar-refractivity contribution in [3.63, 3.8) is 0 Å². The zero-order valence-corrected chi connectivity index (χ0v) is 8.63. The van der Waals surface area contributed by atoms with Gasteiger partial charge < -0.3 is 4.74 Å². The van der Waals surface area contributed by atoms with Crippen LogP contribution in [-0.2, 0) is 11.3 Å². The summed E-state index contributed by atoms with van der Waals surface area (Å²) in [5.74, 6) is 0.175. The number of ether oxygens (including phenoxy) is 1. The van der Waals surface area contributed by atoms with Crippen LogP contribution in [0.4, 0.5) is 0 Å². The average molecular weight is 241 g/mol. The zero-order chi connectivity index (χ0) is 9.26. The second kappa shape index (κ2) is 3.60. The Morgan fingerprint density at radius 2 is 2.23 bits per heavy atom. The van der Waals surface area contributed by atoms with E-state index in [1.807, 2.05) is 18.2 Å². The number of benzene rings is 1. The number of fused-ring (bicyclic) bond motifs is 1. The van der Waals surface area contributed by atoms with E-state index >= 15 is 0 Å². The van der Waals surface area contributed by atoms with Crippen LogP contribution in [0.5, 0.6) is 0 Å². The number of carbonyl (C=O) groups excluding carboxylic acids is 1. The molecule has 0 N–H and O–H groups in total. The number of hydrogen-bond donors (Lipinski definition) is 0. The largest absolute Gasteiger partial charge is 0.376 e. The molecule has 0 fully saturated rings. The lowest BCUT2D eigenvalue weighted by Gasteiger charge is -2.03. The van der Waals surface area contributed by atoms with Gasteiger partial charge in [-0.2, -0.15) is 0 Å². The molecule has 0 atom stereocenters. The number of ketones is 1. The summed E-state index contributed by atoms with van der Waals surface area (Å²) in [5.41, 5.74) is 1.79. The van der Waals surface area contributed by atoms with E-state index in [-0.39, 0.29) is 5.78 Å². The number of carbonyl (C=O) groups is 1. The van der Waals surface area contributed by atoms with Crippen LogP contribution in [-0.4, -0.2) is 12.4 Å². The molecule has 0 aliphatic carbocycles. The fourth-order valence-electron chi connectivity index (χ4n) is 1.42. The van der Waals surface area contributed by atoms with Gasteiger partial charge in [-0.05, 0) is 17.7 Å². The Kier molecular flexibility index (Phi) is 2.47. The summed E-state index contributed by atoms with van der Waals surface area (Å²) in [6, 6.07) is 5.73. The highest BCUT2D eigenvalue weighted by Crippen LogP contribution is 2.21. The first kappa shape index (κ1) is 8.91. The van der Waals surface area contributed by atoms with Crippen molar-refractivity contribution in [3.05, 3.63) is 33.8 Å². The third kappa shape index (κ3) is 1.81. The maximum Gasteiger partial charge on any atom is 0.165 e. The number of rotatable bonds is 0. The van der Waals surface area contributed by atoms with Gasteiger partial charge in [0.25, 0.3) is 0 Å². The predicted molar refractivity (Wildman–Crippen MR) is 52.7 cm³/mol. The fraction of sp³-hybridized carbons (Fsp3) is 0.300. The lowest BCUT2D eigenvalue weighted by molar-refractivity contribution is 0.0898. The highest BCUT2D eigenvalue weighted by molar-refractivity contribution is 9.10. The normalized spacial score (nSPS) is 16.5. The highest BCUT2D eigenvalue weighted by Gasteiger charge is 2.15. The third-order valence-electron chi connectivity index (χ3n) is 2.10. The van der Waals surface area contributed by atoms with Gasteiger partial charge in [0, 0.05) is 16.5 Å². The van der Waals surface area contributed by atoms with Crippen LogP contribution in [0.3, 0.4) is 0 Å². The molecule has 0 aromatic heterocycles. The predicted octanol–water partition coefficient (Wildman–Crippen LogP) is 2.55. The molecule has 68 valence electrons. The minimum atomic E-state index is 0.175. The van der Waals surface area contributed by atoms with Crippen LogP contribution in [0.25, 0.3) is 0 Å². The molecule has 2 rings (SSSR count). The molecule has 0 saturated carbocycles. The standard InChI is InChI=1S/C10H9BrO2/c11-8-2-1-7-6-13-4-3-10(12)9(7)5-8/h1-2,5H,3-4,6H2. The molecule has 0 unspecified atom stereocenters. The second-order valence-electron chi connectivity index (χ2n) is 3.03. The molecule has 1 aliphatic heterocycles. The first-order valence-electron chi connectivity index (χ1n) is 4.17. The Balaban J connectivity index is 2.49. The quantitative estimate of drug-likeness (QED) is 0.697. The summed E-state index contributed by atoms with van der Waals surface area (Å²) in [6.45, 7) is 1.08. The molecule has 3 heteroatoms. The SMILES string of the molecule is O=C1CCOCc2ccc(Br)cc21. The molecular weight excluding hydrogens is 232 g/mol. The second-order valence-corrected chi connectivity index (χ2v) is 3.94. The van der Waals surface area contributed by atoms with Crippen LogP contribution in [0.2, 0.25) is 0 Å². The molecular formula is C10H9BrO2. The van der Waals surface area contributed by atoms with Crippen molar-refractivity contribution in [1.29, 1.82) is 0 Å². The molecule has 1 aliphatic rings. The summed E-state index contributed by atoms with van der Waals surface area (Å²) in [5, 5.41) is 0. The monoisotopic (exact) mass is 240 g/mol. The molecule has 1 heterocycles. The molecule has 2 nitrogen and oxygen atoms in total. The van der Waals surface area contributed by atoms with Gasteiger partial charge in [-0.1, -0.05) is 22.0 Å². The summed E-state index contributed by atoms with van der Waals surface area (Å²) >= 11 is 3.35. The van der Waals surface area contributed by atoms with Gasteiger partial charge in [0.05, 0.1) is 13.2 Å². The van der Waals surface area contributed by atoms with Crippen molar-refractivity contribution in [2.45, 2.75) is 13.0 Å². The summed E-state index contributed by atoms with van der Waals surface area (Å²) in [7, 11) is 0. The minimum absolute atomic E-state index is 0.175. The van der Waals surface area contributed by atoms with E-state index in [9.17, 15) is 4.79 Å². The van der Waals surface area contributed by atoms with Crippen LogP contribution in [0, 0.1) is 0 Å². The first-order chi connectivity index (χ1) is 6.27. The number of halogens is 1. The Morgan fingerprint density at radius 3 is 3.08 bits per heavy atom.